The number of halogens is 1. The van der Waals surface area contributed by atoms with Crippen LogP contribution in [0.2, 0.25) is 0 Å². The van der Waals surface area contributed by atoms with Gasteiger partial charge in [-0.2, -0.15) is 5.10 Å². The number of hydrogen-bond acceptors (Lipinski definition) is 3. The molecule has 2 heterocycles. The summed E-state index contributed by atoms with van der Waals surface area (Å²) in [5.74, 6) is 0.624. The molecule has 5 nitrogen and oxygen atoms in total. The minimum Gasteiger partial charge on any atom is -0.337 e. The van der Waals surface area contributed by atoms with Gasteiger partial charge in [-0.3, -0.25) is 9.48 Å². The molecule has 0 aromatic carbocycles. The highest BCUT2D eigenvalue weighted by Crippen LogP contribution is 2.20. The van der Waals surface area contributed by atoms with Crippen LogP contribution in [0.15, 0.2) is 12.3 Å². The third-order valence-corrected chi connectivity index (χ3v) is 3.61. The first kappa shape index (κ1) is 15.0. The molecule has 18 heavy (non-hydrogen) atoms. The van der Waals surface area contributed by atoms with Crippen LogP contribution in [0.3, 0.4) is 0 Å². The van der Waals surface area contributed by atoms with Gasteiger partial charge in [-0.15, -0.1) is 12.4 Å². The fourth-order valence-electron chi connectivity index (χ4n) is 2.37. The molecule has 1 saturated heterocycles. The summed E-state index contributed by atoms with van der Waals surface area (Å²) in [5.41, 5.74) is 6.55. The lowest BCUT2D eigenvalue weighted by molar-refractivity contribution is 0.0670. The number of aromatic nitrogens is 2. The molecule has 0 radical (unpaired) electrons. The van der Waals surface area contributed by atoms with E-state index in [9.17, 15) is 4.79 Å². The zero-order valence-corrected chi connectivity index (χ0v) is 11.7. The minimum atomic E-state index is 0. The van der Waals surface area contributed by atoms with Gasteiger partial charge in [-0.25, -0.2) is 0 Å². The van der Waals surface area contributed by atoms with Gasteiger partial charge in [0.05, 0.1) is 0 Å². The topological polar surface area (TPSA) is 64.2 Å². The molecule has 0 bridgehead atoms. The zero-order chi connectivity index (χ0) is 12.4. The van der Waals surface area contributed by atoms with Gasteiger partial charge in [0, 0.05) is 32.4 Å². The first-order valence-corrected chi connectivity index (χ1v) is 6.12. The molecule has 6 heteroatoms. The summed E-state index contributed by atoms with van der Waals surface area (Å²) in [6.07, 6.45) is 3.66. The Balaban J connectivity index is 0.00000162. The van der Waals surface area contributed by atoms with E-state index in [-0.39, 0.29) is 24.4 Å². The number of nitrogens with two attached hydrogens (primary N) is 1. The average molecular weight is 273 g/mol. The molecule has 2 rings (SSSR count). The fourth-order valence-corrected chi connectivity index (χ4v) is 2.37. The van der Waals surface area contributed by atoms with E-state index in [1.807, 2.05) is 11.8 Å². The summed E-state index contributed by atoms with van der Waals surface area (Å²) in [5, 5.41) is 4.02. The van der Waals surface area contributed by atoms with E-state index in [1.54, 1.807) is 24.0 Å². The van der Waals surface area contributed by atoms with Crippen molar-refractivity contribution in [2.24, 2.45) is 18.7 Å². The lowest BCUT2D eigenvalue weighted by Gasteiger charge is -2.33. The van der Waals surface area contributed by atoms with Gasteiger partial charge in [0.15, 0.2) is 0 Å². The highest BCUT2D eigenvalue weighted by atomic mass is 35.5. The number of amides is 1. The number of nitrogens with zero attached hydrogens (tertiary/aromatic N) is 3. The standard InChI is InChI=1S/C12H20N4O.ClH/c1-9(13)10-4-7-16(8-5-10)12(17)11-3-6-14-15(11)2;/h3,6,9-10H,4-5,7-8,13H2,1-2H3;1H. The average Bonchev–Trinajstić information content (AvgIpc) is 2.74. The lowest BCUT2D eigenvalue weighted by Crippen LogP contribution is -2.43. The molecule has 1 atom stereocenters. The summed E-state index contributed by atoms with van der Waals surface area (Å²) >= 11 is 0. The summed E-state index contributed by atoms with van der Waals surface area (Å²) in [4.78, 5) is 14.1. The van der Waals surface area contributed by atoms with Crippen molar-refractivity contribution in [3.05, 3.63) is 18.0 Å². The highest BCUT2D eigenvalue weighted by Gasteiger charge is 2.26. The quantitative estimate of drug-likeness (QED) is 0.875. The first-order valence-electron chi connectivity index (χ1n) is 6.12. The van der Waals surface area contributed by atoms with E-state index in [0.29, 0.717) is 11.6 Å². The third kappa shape index (κ3) is 3.03. The van der Waals surface area contributed by atoms with Crippen molar-refractivity contribution in [1.29, 1.82) is 0 Å². The van der Waals surface area contributed by atoms with Crippen LogP contribution in [0, 0.1) is 5.92 Å². The van der Waals surface area contributed by atoms with E-state index in [1.165, 1.54) is 0 Å². The van der Waals surface area contributed by atoms with Crippen molar-refractivity contribution >= 4 is 18.3 Å². The predicted octanol–water partition coefficient (Wildman–Crippen LogP) is 1.04. The summed E-state index contributed by atoms with van der Waals surface area (Å²) < 4.78 is 1.62. The Morgan fingerprint density at radius 2 is 2.11 bits per heavy atom. The lowest BCUT2D eigenvalue weighted by atomic mass is 9.91. The van der Waals surface area contributed by atoms with Gasteiger partial charge in [-0.1, -0.05) is 0 Å². The summed E-state index contributed by atoms with van der Waals surface area (Å²) in [6.45, 7) is 3.65. The Kier molecular flexibility index (Phi) is 5.16. The Bertz CT molecular complexity index is 397. The second-order valence-corrected chi connectivity index (χ2v) is 4.83. The van der Waals surface area contributed by atoms with E-state index in [4.69, 9.17) is 5.73 Å². The molecule has 0 aliphatic carbocycles. The fraction of sp³-hybridized carbons (Fsp3) is 0.667. The van der Waals surface area contributed by atoms with Crippen molar-refractivity contribution < 1.29 is 4.79 Å². The normalized spacial score (nSPS) is 18.3. The van der Waals surface area contributed by atoms with Gasteiger partial charge in [0.25, 0.3) is 5.91 Å². The summed E-state index contributed by atoms with van der Waals surface area (Å²) in [7, 11) is 1.79. The van der Waals surface area contributed by atoms with Gasteiger partial charge in [0.1, 0.15) is 5.69 Å². The zero-order valence-electron chi connectivity index (χ0n) is 10.9. The Morgan fingerprint density at radius 3 is 2.56 bits per heavy atom. The molecule has 102 valence electrons. The van der Waals surface area contributed by atoms with E-state index < -0.39 is 0 Å². The minimum absolute atomic E-state index is 0. The maximum absolute atomic E-state index is 12.2. The van der Waals surface area contributed by atoms with Crippen molar-refractivity contribution in [2.75, 3.05) is 13.1 Å². The number of likely N-dealkylation sites (tertiary alicyclic amines) is 1. The van der Waals surface area contributed by atoms with Crippen LogP contribution in [-0.4, -0.2) is 39.7 Å². The van der Waals surface area contributed by atoms with Crippen LogP contribution in [0.4, 0.5) is 0 Å². The van der Waals surface area contributed by atoms with Gasteiger partial charge in [-0.05, 0) is 31.7 Å². The molecule has 1 aromatic rings. The predicted molar refractivity (Wildman–Crippen MR) is 72.7 cm³/mol. The molecule has 1 aromatic heterocycles. The Labute approximate surface area is 114 Å². The van der Waals surface area contributed by atoms with E-state index in [2.05, 4.69) is 5.10 Å². The number of carbonyl (C=O) groups excluding carboxylic acids is 1. The summed E-state index contributed by atoms with van der Waals surface area (Å²) in [6, 6.07) is 1.99. The molecule has 0 saturated carbocycles. The third-order valence-electron chi connectivity index (χ3n) is 3.61. The van der Waals surface area contributed by atoms with Gasteiger partial charge < -0.3 is 10.6 Å². The smallest absolute Gasteiger partial charge is 0.272 e. The molecule has 1 amide bonds. The van der Waals surface area contributed by atoms with Gasteiger partial charge >= 0.3 is 0 Å². The van der Waals surface area contributed by atoms with Crippen molar-refractivity contribution in [3.63, 3.8) is 0 Å². The van der Waals surface area contributed by atoms with E-state index in [0.717, 1.165) is 25.9 Å². The highest BCUT2D eigenvalue weighted by molar-refractivity contribution is 5.92. The number of rotatable bonds is 2. The van der Waals surface area contributed by atoms with Crippen LogP contribution >= 0.6 is 12.4 Å². The van der Waals surface area contributed by atoms with Crippen LogP contribution in [0.5, 0.6) is 0 Å². The molecular formula is C12H21ClN4O. The Hall–Kier alpha value is -1.07. The maximum atomic E-state index is 12.2. The molecule has 2 N–H and O–H groups in total. The number of piperidine rings is 1. The van der Waals surface area contributed by atoms with Crippen LogP contribution < -0.4 is 5.73 Å². The number of hydrogen-bond donors (Lipinski definition) is 1. The van der Waals surface area contributed by atoms with Crippen molar-refractivity contribution in [1.82, 2.24) is 14.7 Å². The largest absolute Gasteiger partial charge is 0.337 e. The first-order chi connectivity index (χ1) is 8.09. The molecule has 1 fully saturated rings. The van der Waals surface area contributed by atoms with Gasteiger partial charge in [0.2, 0.25) is 0 Å². The second kappa shape index (κ2) is 6.20. The van der Waals surface area contributed by atoms with Crippen molar-refractivity contribution in [3.8, 4) is 0 Å². The number of aryl methyl sites for hydroxylation is 1. The molecule has 0 spiro atoms. The maximum Gasteiger partial charge on any atom is 0.272 e. The molecule has 1 aliphatic heterocycles. The Morgan fingerprint density at radius 1 is 1.50 bits per heavy atom. The molecule has 1 unspecified atom stereocenters. The molecule has 1 aliphatic rings. The van der Waals surface area contributed by atoms with Crippen LogP contribution in [0.25, 0.3) is 0 Å². The number of carbonyl (C=O) groups is 1. The monoisotopic (exact) mass is 272 g/mol. The molecular weight excluding hydrogens is 252 g/mol. The van der Waals surface area contributed by atoms with Crippen LogP contribution in [-0.2, 0) is 7.05 Å². The van der Waals surface area contributed by atoms with Crippen LogP contribution in [0.1, 0.15) is 30.3 Å². The second-order valence-electron chi connectivity index (χ2n) is 4.83. The SMILES string of the molecule is CC(N)C1CCN(C(=O)c2ccnn2C)CC1.Cl. The van der Waals surface area contributed by atoms with E-state index >= 15 is 0 Å². The van der Waals surface area contributed by atoms with Crippen molar-refractivity contribution in [2.45, 2.75) is 25.8 Å².